The predicted molar refractivity (Wildman–Crippen MR) is 108 cm³/mol. The molecule has 1 N–H and O–H groups in total. The molecule has 26 heavy (non-hydrogen) atoms. The van der Waals surface area contributed by atoms with Crippen LogP contribution in [0.3, 0.4) is 0 Å². The highest BCUT2D eigenvalue weighted by atomic mass is 35.5. The number of carbonyl (C=O) groups is 1. The summed E-state index contributed by atoms with van der Waals surface area (Å²) < 4.78 is 25.9. The summed E-state index contributed by atoms with van der Waals surface area (Å²) >= 11 is 12.0. The van der Waals surface area contributed by atoms with E-state index < -0.39 is 22.0 Å². The average molecular weight is 415 g/mol. The molecule has 0 unspecified atom stereocenters. The maximum Gasteiger partial charge on any atom is 0.248 e. The highest BCUT2D eigenvalue weighted by molar-refractivity contribution is 7.92. The summed E-state index contributed by atoms with van der Waals surface area (Å²) in [5, 5.41) is 3.37. The fraction of sp³-hybridized carbons (Fsp3) is 0.278. The number of carbonyl (C=O) groups excluding carboxylic acids is 1. The van der Waals surface area contributed by atoms with Crippen molar-refractivity contribution in [2.24, 2.45) is 0 Å². The second-order valence-corrected chi connectivity index (χ2v) is 8.84. The predicted octanol–water partition coefficient (Wildman–Crippen LogP) is 4.40. The number of sulfonamides is 1. The molecule has 0 bridgehead atoms. The average Bonchev–Trinajstić information content (AvgIpc) is 2.53. The fourth-order valence-electron chi connectivity index (χ4n) is 2.57. The number of hydrogen-bond acceptors (Lipinski definition) is 3. The van der Waals surface area contributed by atoms with Crippen molar-refractivity contribution >= 4 is 50.5 Å². The van der Waals surface area contributed by atoms with Gasteiger partial charge in [-0.15, -0.1) is 0 Å². The van der Waals surface area contributed by atoms with Crippen LogP contribution in [-0.4, -0.2) is 26.6 Å². The molecule has 5 nitrogen and oxygen atoms in total. The smallest absolute Gasteiger partial charge is 0.248 e. The summed E-state index contributed by atoms with van der Waals surface area (Å²) in [6.07, 6.45) is 1.07. The number of nitrogens with zero attached hydrogens (tertiary/aromatic N) is 1. The second kappa shape index (κ2) is 7.86. The van der Waals surface area contributed by atoms with E-state index in [2.05, 4.69) is 5.32 Å². The van der Waals surface area contributed by atoms with Crippen LogP contribution < -0.4 is 9.62 Å². The van der Waals surface area contributed by atoms with E-state index in [9.17, 15) is 13.2 Å². The summed E-state index contributed by atoms with van der Waals surface area (Å²) in [6, 6.07) is 9.13. The van der Waals surface area contributed by atoms with E-state index in [-0.39, 0.29) is 0 Å². The topological polar surface area (TPSA) is 66.5 Å². The minimum atomic E-state index is -3.70. The van der Waals surface area contributed by atoms with Crippen LogP contribution in [0.5, 0.6) is 0 Å². The zero-order valence-electron chi connectivity index (χ0n) is 14.9. The van der Waals surface area contributed by atoms with Crippen molar-refractivity contribution in [3.63, 3.8) is 0 Å². The van der Waals surface area contributed by atoms with Crippen molar-refractivity contribution in [1.29, 1.82) is 0 Å². The number of hydrogen-bond donors (Lipinski definition) is 1. The maximum absolute atomic E-state index is 12.7. The molecule has 0 spiro atoms. The van der Waals surface area contributed by atoms with E-state index in [1.54, 1.807) is 25.1 Å². The molecule has 1 atom stereocenters. The highest BCUT2D eigenvalue weighted by Crippen LogP contribution is 2.29. The van der Waals surface area contributed by atoms with Crippen molar-refractivity contribution < 1.29 is 13.2 Å². The molecule has 1 amide bonds. The SMILES string of the molecule is Cc1ccc(C)c(N([C@H](C)C(=O)Nc2cc(Cl)ccc2Cl)S(C)(=O)=O)c1. The molecule has 2 aromatic rings. The number of benzene rings is 2. The van der Waals surface area contributed by atoms with Gasteiger partial charge in [0.2, 0.25) is 15.9 Å². The van der Waals surface area contributed by atoms with Crippen molar-refractivity contribution in [2.75, 3.05) is 15.9 Å². The van der Waals surface area contributed by atoms with Crippen LogP contribution >= 0.6 is 23.2 Å². The largest absolute Gasteiger partial charge is 0.323 e. The number of aryl methyl sites for hydroxylation is 2. The molecular formula is C18H20Cl2N2O3S. The maximum atomic E-state index is 12.7. The molecule has 0 fully saturated rings. The van der Waals surface area contributed by atoms with Gasteiger partial charge in [0.05, 0.1) is 22.7 Å². The lowest BCUT2D eigenvalue weighted by molar-refractivity contribution is -0.116. The Kier molecular flexibility index (Phi) is 6.21. The summed E-state index contributed by atoms with van der Waals surface area (Å²) in [5.41, 5.74) is 2.43. The van der Waals surface area contributed by atoms with Crippen molar-refractivity contribution in [2.45, 2.75) is 26.8 Å². The molecule has 0 heterocycles. The quantitative estimate of drug-likeness (QED) is 0.787. The van der Waals surface area contributed by atoms with Gasteiger partial charge in [-0.2, -0.15) is 0 Å². The van der Waals surface area contributed by atoms with E-state index in [0.717, 1.165) is 21.7 Å². The van der Waals surface area contributed by atoms with E-state index in [1.807, 2.05) is 19.1 Å². The van der Waals surface area contributed by atoms with Crippen LogP contribution in [-0.2, 0) is 14.8 Å². The van der Waals surface area contributed by atoms with Gasteiger partial charge in [-0.25, -0.2) is 8.42 Å². The van der Waals surface area contributed by atoms with Gasteiger partial charge in [0.25, 0.3) is 0 Å². The number of nitrogens with one attached hydrogen (secondary N) is 1. The van der Waals surface area contributed by atoms with E-state index >= 15 is 0 Å². The molecule has 0 aliphatic heterocycles. The Morgan fingerprint density at radius 3 is 2.38 bits per heavy atom. The molecule has 0 aliphatic carbocycles. The molecule has 8 heteroatoms. The van der Waals surface area contributed by atoms with Gasteiger partial charge < -0.3 is 5.32 Å². The van der Waals surface area contributed by atoms with Crippen molar-refractivity contribution in [3.8, 4) is 0 Å². The van der Waals surface area contributed by atoms with Crippen LogP contribution in [0.2, 0.25) is 10.0 Å². The lowest BCUT2D eigenvalue weighted by Crippen LogP contribution is -2.45. The molecule has 140 valence electrons. The standard InChI is InChI=1S/C18H20Cl2N2O3S/c1-11-5-6-12(2)17(9-11)22(26(4,24)25)13(3)18(23)21-16-10-14(19)7-8-15(16)20/h5-10,13H,1-4H3,(H,21,23)/t13-/m1/s1. The fourth-order valence-corrected chi connectivity index (χ4v) is 4.13. The van der Waals surface area contributed by atoms with Gasteiger partial charge in [-0.1, -0.05) is 35.3 Å². The van der Waals surface area contributed by atoms with E-state index in [1.165, 1.54) is 13.0 Å². The van der Waals surface area contributed by atoms with Gasteiger partial charge in [-0.3, -0.25) is 9.10 Å². The molecule has 0 aromatic heterocycles. The Morgan fingerprint density at radius 2 is 1.77 bits per heavy atom. The van der Waals surface area contributed by atoms with Gasteiger partial charge in [0.1, 0.15) is 6.04 Å². The van der Waals surface area contributed by atoms with Crippen molar-refractivity contribution in [3.05, 3.63) is 57.6 Å². The molecule has 0 radical (unpaired) electrons. The van der Waals surface area contributed by atoms with Crippen LogP contribution in [0, 0.1) is 13.8 Å². The first kappa shape index (κ1) is 20.6. The Morgan fingerprint density at radius 1 is 1.12 bits per heavy atom. The third-order valence-corrected chi connectivity index (χ3v) is 5.67. The summed E-state index contributed by atoms with van der Waals surface area (Å²) in [5.74, 6) is -0.513. The first-order valence-electron chi connectivity index (χ1n) is 7.83. The number of anilines is 2. The molecule has 0 saturated heterocycles. The zero-order chi connectivity index (χ0) is 19.6. The third-order valence-electron chi connectivity index (χ3n) is 3.88. The molecule has 2 aromatic carbocycles. The Bertz CT molecular complexity index is 945. The minimum absolute atomic E-state index is 0.313. The number of amides is 1. The van der Waals surface area contributed by atoms with E-state index in [4.69, 9.17) is 23.2 Å². The van der Waals surface area contributed by atoms with E-state index in [0.29, 0.717) is 21.4 Å². The van der Waals surface area contributed by atoms with Crippen LogP contribution in [0.25, 0.3) is 0 Å². The Labute approximate surface area is 164 Å². The van der Waals surface area contributed by atoms with Gasteiger partial charge in [0.15, 0.2) is 0 Å². The first-order chi connectivity index (χ1) is 12.0. The second-order valence-electron chi connectivity index (χ2n) is 6.14. The van der Waals surface area contributed by atoms with Crippen LogP contribution in [0.4, 0.5) is 11.4 Å². The van der Waals surface area contributed by atoms with Gasteiger partial charge in [-0.05, 0) is 56.2 Å². The molecule has 2 rings (SSSR count). The monoisotopic (exact) mass is 414 g/mol. The lowest BCUT2D eigenvalue weighted by atomic mass is 10.1. The summed E-state index contributed by atoms with van der Waals surface area (Å²) in [4.78, 5) is 12.7. The normalized spacial score (nSPS) is 12.5. The first-order valence-corrected chi connectivity index (χ1v) is 10.4. The minimum Gasteiger partial charge on any atom is -0.323 e. The van der Waals surface area contributed by atoms with Crippen LogP contribution in [0.15, 0.2) is 36.4 Å². The Hall–Kier alpha value is -1.76. The lowest BCUT2D eigenvalue weighted by Gasteiger charge is -2.29. The Balaban J connectivity index is 2.41. The number of rotatable bonds is 5. The zero-order valence-corrected chi connectivity index (χ0v) is 17.2. The summed E-state index contributed by atoms with van der Waals surface area (Å²) in [7, 11) is -3.70. The third kappa shape index (κ3) is 4.69. The van der Waals surface area contributed by atoms with Crippen LogP contribution in [0.1, 0.15) is 18.1 Å². The highest BCUT2D eigenvalue weighted by Gasteiger charge is 2.30. The van der Waals surface area contributed by atoms with Gasteiger partial charge in [0, 0.05) is 5.02 Å². The number of halogens is 2. The molecule has 0 saturated carbocycles. The molecular weight excluding hydrogens is 395 g/mol. The summed E-state index contributed by atoms with van der Waals surface area (Å²) in [6.45, 7) is 5.18. The molecule has 0 aliphatic rings. The van der Waals surface area contributed by atoms with Gasteiger partial charge >= 0.3 is 0 Å². The van der Waals surface area contributed by atoms with Crippen molar-refractivity contribution in [1.82, 2.24) is 0 Å².